The standard InChI is InChI=1S/C38H39N3O7/c1-6-14-45-36-22(3)37-38(48-20-47-37)32-25(36)17-27-33-31-24(15-21(2)35(44-5)34(31)43)16-26(40(33)4)28(18-39)41(27)29(32)19-46-30(42)13-12-23-10-8-7-9-11-23/h6-13,15,26-29,33,43H,1,14,16-17,19-20H2,2-5H3/b13-12+/t26-,27?,28+,29+,33?/m1/s1. The van der Waals surface area contributed by atoms with Crippen LogP contribution in [0, 0.1) is 25.2 Å². The molecule has 0 spiro atoms. The summed E-state index contributed by atoms with van der Waals surface area (Å²) in [6, 6.07) is 12.3. The van der Waals surface area contributed by atoms with Crippen molar-refractivity contribution in [2.75, 3.05) is 34.2 Å². The van der Waals surface area contributed by atoms with Gasteiger partial charge in [0.05, 0.1) is 25.3 Å². The molecule has 10 heteroatoms. The number of carbonyl (C=O) groups excluding carboxylic acids is 1. The number of hydrogen-bond donors (Lipinski definition) is 1. The van der Waals surface area contributed by atoms with Crippen LogP contribution in [0.25, 0.3) is 6.08 Å². The summed E-state index contributed by atoms with van der Waals surface area (Å²) in [6.45, 7) is 7.99. The van der Waals surface area contributed by atoms with Crippen LogP contribution >= 0.6 is 0 Å². The monoisotopic (exact) mass is 649 g/mol. The number of nitrogens with zero attached hydrogens (tertiary/aromatic N) is 3. The minimum Gasteiger partial charge on any atom is -0.504 e. The van der Waals surface area contributed by atoms with E-state index in [1.165, 1.54) is 6.08 Å². The summed E-state index contributed by atoms with van der Waals surface area (Å²) in [7, 11) is 3.58. The Morgan fingerprint density at radius 2 is 1.90 bits per heavy atom. The summed E-state index contributed by atoms with van der Waals surface area (Å²) in [4.78, 5) is 17.6. The quantitative estimate of drug-likeness (QED) is 0.195. The predicted octanol–water partition coefficient (Wildman–Crippen LogP) is 5.34. The van der Waals surface area contributed by atoms with Gasteiger partial charge >= 0.3 is 5.97 Å². The normalized spacial score (nSPS) is 23.9. The molecule has 0 aliphatic carbocycles. The molecule has 3 aromatic rings. The molecule has 248 valence electrons. The van der Waals surface area contributed by atoms with Crippen LogP contribution in [0.3, 0.4) is 0 Å². The molecule has 4 aliphatic heterocycles. The lowest BCUT2D eigenvalue weighted by molar-refractivity contribution is -0.143. The van der Waals surface area contributed by atoms with E-state index >= 15 is 0 Å². The lowest BCUT2D eigenvalue weighted by atomic mass is 9.71. The van der Waals surface area contributed by atoms with E-state index in [2.05, 4.69) is 28.5 Å². The van der Waals surface area contributed by atoms with E-state index in [1.54, 1.807) is 19.3 Å². The molecule has 4 heterocycles. The van der Waals surface area contributed by atoms with Crippen LogP contribution in [0.1, 0.15) is 51.0 Å². The van der Waals surface area contributed by atoms with Gasteiger partial charge in [0.15, 0.2) is 23.0 Å². The zero-order valence-corrected chi connectivity index (χ0v) is 27.6. The molecule has 1 fully saturated rings. The molecular weight excluding hydrogens is 610 g/mol. The molecule has 1 N–H and O–H groups in total. The number of fused-ring (bicyclic) bond motifs is 9. The van der Waals surface area contributed by atoms with Crippen LogP contribution in [-0.4, -0.2) is 73.2 Å². The molecule has 48 heavy (non-hydrogen) atoms. The van der Waals surface area contributed by atoms with Gasteiger partial charge in [-0.1, -0.05) is 49.1 Å². The number of nitriles is 1. The van der Waals surface area contributed by atoms with Crippen LogP contribution in [0.4, 0.5) is 0 Å². The van der Waals surface area contributed by atoms with E-state index in [0.717, 1.165) is 38.9 Å². The molecule has 0 aromatic heterocycles. The second-order valence-corrected chi connectivity index (χ2v) is 12.7. The van der Waals surface area contributed by atoms with E-state index in [-0.39, 0.29) is 43.9 Å². The Morgan fingerprint density at radius 1 is 1.12 bits per heavy atom. The van der Waals surface area contributed by atoms with Gasteiger partial charge in [0.1, 0.15) is 25.0 Å². The number of carbonyl (C=O) groups is 1. The second-order valence-electron chi connectivity index (χ2n) is 12.7. The third-order valence-corrected chi connectivity index (χ3v) is 10.2. The molecule has 0 saturated carbocycles. The Balaban J connectivity index is 1.39. The van der Waals surface area contributed by atoms with Crippen molar-refractivity contribution in [3.05, 3.63) is 94.1 Å². The van der Waals surface area contributed by atoms with Crippen LogP contribution in [-0.2, 0) is 22.4 Å². The van der Waals surface area contributed by atoms with Crippen molar-refractivity contribution in [2.45, 2.75) is 56.9 Å². The molecule has 4 aliphatic rings. The molecule has 0 amide bonds. The van der Waals surface area contributed by atoms with Gasteiger partial charge in [-0.2, -0.15) is 5.26 Å². The van der Waals surface area contributed by atoms with Gasteiger partial charge in [0, 0.05) is 40.4 Å². The van der Waals surface area contributed by atoms with E-state index in [1.807, 2.05) is 51.2 Å². The number of piperazine rings is 1. The highest BCUT2D eigenvalue weighted by Crippen LogP contribution is 2.58. The molecule has 0 radical (unpaired) electrons. The molecule has 2 bridgehead atoms. The molecular formula is C38H39N3O7. The SMILES string of the molecule is C=CCOc1c(C)c2c(c3c1CC1C4c5c(cc(C)c(OC)c5O)C[C@H]([C@H](C#N)N1[C@H]3COC(=O)/C=C/c1ccccc1)N4C)OCO2. The number of benzene rings is 3. The Hall–Kier alpha value is -4.98. The van der Waals surface area contributed by atoms with E-state index in [4.69, 9.17) is 23.7 Å². The van der Waals surface area contributed by atoms with Crippen LogP contribution < -0.4 is 18.9 Å². The first-order valence-corrected chi connectivity index (χ1v) is 16.2. The summed E-state index contributed by atoms with van der Waals surface area (Å²) < 4.78 is 30.1. The fourth-order valence-corrected chi connectivity index (χ4v) is 8.27. The highest BCUT2D eigenvalue weighted by molar-refractivity contribution is 5.87. The minimum atomic E-state index is -0.575. The third kappa shape index (κ3) is 4.97. The summed E-state index contributed by atoms with van der Waals surface area (Å²) in [5.74, 6) is 1.87. The maximum Gasteiger partial charge on any atom is 0.330 e. The zero-order valence-electron chi connectivity index (χ0n) is 27.6. The third-order valence-electron chi connectivity index (χ3n) is 10.2. The highest BCUT2D eigenvalue weighted by atomic mass is 16.7. The number of aryl methyl sites for hydroxylation is 1. The Kier molecular flexibility index (Phi) is 8.27. The summed E-state index contributed by atoms with van der Waals surface area (Å²) in [5, 5.41) is 22.6. The summed E-state index contributed by atoms with van der Waals surface area (Å²) in [5.41, 5.74) is 6.00. The number of likely N-dealkylation sites (N-methyl/N-ethyl adjacent to an activating group) is 1. The van der Waals surface area contributed by atoms with Crippen molar-refractivity contribution in [3.8, 4) is 34.8 Å². The molecule has 3 aromatic carbocycles. The van der Waals surface area contributed by atoms with E-state index in [0.29, 0.717) is 35.8 Å². The molecule has 5 atom stereocenters. The van der Waals surface area contributed by atoms with Crippen molar-refractivity contribution < 1.29 is 33.6 Å². The van der Waals surface area contributed by atoms with Gasteiger partial charge in [-0.3, -0.25) is 9.80 Å². The largest absolute Gasteiger partial charge is 0.504 e. The van der Waals surface area contributed by atoms with Crippen molar-refractivity contribution >= 4 is 12.0 Å². The average Bonchev–Trinajstić information content (AvgIpc) is 3.58. The number of aromatic hydroxyl groups is 1. The van der Waals surface area contributed by atoms with Gasteiger partial charge in [0.2, 0.25) is 6.79 Å². The lowest BCUT2D eigenvalue weighted by Gasteiger charge is -2.59. The van der Waals surface area contributed by atoms with Crippen molar-refractivity contribution in [1.82, 2.24) is 9.80 Å². The Bertz CT molecular complexity index is 1850. The van der Waals surface area contributed by atoms with Gasteiger partial charge in [-0.15, -0.1) is 0 Å². The number of esters is 1. The van der Waals surface area contributed by atoms with Gasteiger partial charge in [0.25, 0.3) is 0 Å². The topological polar surface area (TPSA) is 114 Å². The number of ether oxygens (including phenoxy) is 5. The number of hydrogen-bond acceptors (Lipinski definition) is 10. The maximum atomic E-state index is 13.2. The highest BCUT2D eigenvalue weighted by Gasteiger charge is 2.57. The average molecular weight is 650 g/mol. The summed E-state index contributed by atoms with van der Waals surface area (Å²) in [6.07, 6.45) is 5.86. The first-order valence-electron chi connectivity index (χ1n) is 16.2. The van der Waals surface area contributed by atoms with Crippen LogP contribution in [0.2, 0.25) is 0 Å². The summed E-state index contributed by atoms with van der Waals surface area (Å²) >= 11 is 0. The number of methoxy groups -OCH3 is 1. The molecule has 2 unspecified atom stereocenters. The number of phenolic OH excluding ortho intramolecular Hbond substituents is 1. The minimum absolute atomic E-state index is 0.0410. The first kappa shape index (κ1) is 31.6. The van der Waals surface area contributed by atoms with Crippen molar-refractivity contribution in [3.63, 3.8) is 0 Å². The number of phenols is 1. The molecule has 1 saturated heterocycles. The van der Waals surface area contributed by atoms with Crippen molar-refractivity contribution in [2.24, 2.45) is 0 Å². The Labute approximate surface area is 280 Å². The van der Waals surface area contributed by atoms with Gasteiger partial charge in [-0.25, -0.2) is 4.79 Å². The molecule has 7 rings (SSSR count). The second kappa shape index (κ2) is 12.6. The van der Waals surface area contributed by atoms with E-state index < -0.39 is 18.1 Å². The van der Waals surface area contributed by atoms with Crippen molar-refractivity contribution in [1.29, 1.82) is 5.26 Å². The van der Waals surface area contributed by atoms with Gasteiger partial charge < -0.3 is 28.8 Å². The van der Waals surface area contributed by atoms with Gasteiger partial charge in [-0.05, 0) is 56.5 Å². The zero-order chi connectivity index (χ0) is 33.7. The first-order chi connectivity index (χ1) is 23.3. The smallest absolute Gasteiger partial charge is 0.330 e. The van der Waals surface area contributed by atoms with E-state index in [9.17, 15) is 15.2 Å². The van der Waals surface area contributed by atoms with Crippen LogP contribution in [0.15, 0.2) is 55.1 Å². The predicted molar refractivity (Wildman–Crippen MR) is 178 cm³/mol. The maximum absolute atomic E-state index is 13.2. The lowest BCUT2D eigenvalue weighted by Crippen LogP contribution is -2.68. The van der Waals surface area contributed by atoms with Crippen LogP contribution in [0.5, 0.6) is 28.7 Å². The number of rotatable bonds is 8. The Morgan fingerprint density at radius 3 is 2.62 bits per heavy atom. The fraction of sp³-hybridized carbons (Fsp3) is 0.368. The fourth-order valence-electron chi connectivity index (χ4n) is 8.27. The molecule has 10 nitrogen and oxygen atoms in total.